The second-order valence-corrected chi connectivity index (χ2v) is 9.63. The first-order valence-electron chi connectivity index (χ1n) is 13.8. The zero-order valence-corrected chi connectivity index (χ0v) is 22.0. The first kappa shape index (κ1) is 28.3. The van der Waals surface area contributed by atoms with Gasteiger partial charge in [0.1, 0.15) is 5.56 Å². The quantitative estimate of drug-likeness (QED) is 0.378. The van der Waals surface area contributed by atoms with E-state index in [0.29, 0.717) is 11.3 Å². The van der Waals surface area contributed by atoms with Crippen LogP contribution in [0.2, 0.25) is 0 Å². The number of aliphatic hydroxyl groups is 1. The first-order valence-corrected chi connectivity index (χ1v) is 13.8. The number of H-pyrrole nitrogens is 1. The molecule has 6 heteroatoms. The van der Waals surface area contributed by atoms with Gasteiger partial charge in [0.15, 0.2) is 0 Å². The number of aromatic nitrogens is 2. The van der Waals surface area contributed by atoms with Crippen molar-refractivity contribution in [2.24, 2.45) is 0 Å². The molecule has 1 aliphatic rings. The van der Waals surface area contributed by atoms with Gasteiger partial charge in [-0.05, 0) is 25.3 Å². The number of rotatable bonds is 4. The second kappa shape index (κ2) is 15.8. The SMILES string of the molecule is CCO.O=C(NC1CCCCCCCCCCC1)c1c(-c2ccccc2)c(-c2ccccc2)n[nH]c1=O. The molecule has 1 aromatic heterocycles. The number of aromatic amines is 1. The highest BCUT2D eigenvalue weighted by atomic mass is 16.2. The molecule has 2 aromatic carbocycles. The summed E-state index contributed by atoms with van der Waals surface area (Å²) in [5, 5.41) is 17.8. The van der Waals surface area contributed by atoms with Crippen molar-refractivity contribution in [2.45, 2.75) is 83.6 Å². The van der Waals surface area contributed by atoms with E-state index < -0.39 is 5.56 Å². The lowest BCUT2D eigenvalue weighted by Crippen LogP contribution is -2.38. The molecule has 1 fully saturated rings. The number of nitrogens with one attached hydrogen (secondary N) is 2. The molecule has 0 bridgehead atoms. The van der Waals surface area contributed by atoms with Crippen molar-refractivity contribution in [1.29, 1.82) is 0 Å². The summed E-state index contributed by atoms with van der Waals surface area (Å²) in [4.78, 5) is 26.6. The molecule has 0 saturated heterocycles. The summed E-state index contributed by atoms with van der Waals surface area (Å²) < 4.78 is 0. The number of carbonyl (C=O) groups excluding carboxylic acids is 1. The Hall–Kier alpha value is -3.25. The highest BCUT2D eigenvalue weighted by Gasteiger charge is 2.24. The Morgan fingerprint density at radius 2 is 1.30 bits per heavy atom. The van der Waals surface area contributed by atoms with Crippen molar-refractivity contribution in [1.82, 2.24) is 15.5 Å². The highest BCUT2D eigenvalue weighted by molar-refractivity contribution is 6.03. The van der Waals surface area contributed by atoms with Gasteiger partial charge in [-0.2, -0.15) is 5.10 Å². The molecule has 0 aliphatic heterocycles. The molecule has 3 aromatic rings. The molecule has 4 rings (SSSR count). The maximum Gasteiger partial charge on any atom is 0.277 e. The summed E-state index contributed by atoms with van der Waals surface area (Å²) in [6.07, 6.45) is 13.0. The van der Waals surface area contributed by atoms with Gasteiger partial charge in [0.05, 0.1) is 5.69 Å². The maximum absolute atomic E-state index is 13.6. The summed E-state index contributed by atoms with van der Waals surface area (Å²) in [5.74, 6) is -0.309. The van der Waals surface area contributed by atoms with Crippen LogP contribution in [0.3, 0.4) is 0 Å². The van der Waals surface area contributed by atoms with Crippen LogP contribution in [0, 0.1) is 0 Å². The molecule has 1 heterocycles. The molecule has 198 valence electrons. The molecule has 1 aliphatic carbocycles. The third-order valence-corrected chi connectivity index (χ3v) is 6.76. The van der Waals surface area contributed by atoms with Gasteiger partial charge in [-0.1, -0.05) is 118 Å². The minimum Gasteiger partial charge on any atom is -0.397 e. The highest BCUT2D eigenvalue weighted by Crippen LogP contribution is 2.31. The molecule has 0 radical (unpaired) electrons. The van der Waals surface area contributed by atoms with Crippen molar-refractivity contribution < 1.29 is 9.90 Å². The molecular formula is C31H41N3O3. The Labute approximate surface area is 220 Å². The largest absolute Gasteiger partial charge is 0.397 e. The number of amides is 1. The van der Waals surface area contributed by atoms with E-state index in [9.17, 15) is 9.59 Å². The number of benzene rings is 2. The molecule has 1 saturated carbocycles. The van der Waals surface area contributed by atoms with Gasteiger partial charge >= 0.3 is 0 Å². The Bertz CT molecular complexity index is 1120. The fourth-order valence-electron chi connectivity index (χ4n) is 4.92. The van der Waals surface area contributed by atoms with Crippen molar-refractivity contribution in [3.8, 4) is 22.4 Å². The van der Waals surface area contributed by atoms with Crippen LogP contribution < -0.4 is 10.9 Å². The van der Waals surface area contributed by atoms with Gasteiger partial charge < -0.3 is 10.4 Å². The predicted molar refractivity (Wildman–Crippen MR) is 151 cm³/mol. The van der Waals surface area contributed by atoms with Crippen LogP contribution in [0.5, 0.6) is 0 Å². The van der Waals surface area contributed by atoms with E-state index in [4.69, 9.17) is 5.11 Å². The summed E-state index contributed by atoms with van der Waals surface area (Å²) in [7, 11) is 0. The summed E-state index contributed by atoms with van der Waals surface area (Å²) >= 11 is 0. The van der Waals surface area contributed by atoms with Crippen LogP contribution in [-0.2, 0) is 0 Å². The van der Waals surface area contributed by atoms with Crippen LogP contribution in [0.4, 0.5) is 0 Å². The van der Waals surface area contributed by atoms with Crippen LogP contribution in [0.15, 0.2) is 65.5 Å². The van der Waals surface area contributed by atoms with Gasteiger partial charge in [-0.3, -0.25) is 9.59 Å². The normalized spacial score (nSPS) is 15.4. The average Bonchev–Trinajstić information content (AvgIpc) is 2.91. The van der Waals surface area contributed by atoms with Crippen LogP contribution >= 0.6 is 0 Å². The van der Waals surface area contributed by atoms with E-state index in [1.807, 2.05) is 60.7 Å². The Kier molecular flexibility index (Phi) is 12.1. The number of aliphatic hydroxyl groups excluding tert-OH is 1. The van der Waals surface area contributed by atoms with Gasteiger partial charge in [0.25, 0.3) is 11.5 Å². The Balaban J connectivity index is 0.00000121. The average molecular weight is 504 g/mol. The van der Waals surface area contributed by atoms with E-state index in [2.05, 4.69) is 15.5 Å². The van der Waals surface area contributed by atoms with Crippen molar-refractivity contribution in [3.05, 3.63) is 76.6 Å². The summed E-state index contributed by atoms with van der Waals surface area (Å²) in [6.45, 7) is 1.93. The van der Waals surface area contributed by atoms with Crippen LogP contribution in [0.1, 0.15) is 87.9 Å². The smallest absolute Gasteiger partial charge is 0.277 e. The lowest BCUT2D eigenvalue weighted by atomic mass is 9.94. The van der Waals surface area contributed by atoms with Crippen LogP contribution in [0.25, 0.3) is 22.4 Å². The van der Waals surface area contributed by atoms with Crippen molar-refractivity contribution >= 4 is 5.91 Å². The molecule has 1 amide bonds. The Morgan fingerprint density at radius 3 is 1.81 bits per heavy atom. The fraction of sp³-hybridized carbons (Fsp3) is 0.452. The molecule has 6 nitrogen and oxygen atoms in total. The molecule has 0 spiro atoms. The standard InChI is InChI=1S/C29H35N3O2.C2H6O/c33-28(30-24-20-14-6-4-2-1-3-5-7-15-21-24)26-25(22-16-10-8-11-17-22)27(31-32-29(26)34)23-18-12-9-13-19-23;1-2-3/h8-13,16-19,24H,1-7,14-15,20-21H2,(H,30,33)(H,32,34);3H,2H2,1H3. The van der Waals surface area contributed by atoms with Crippen molar-refractivity contribution in [3.63, 3.8) is 0 Å². The minimum atomic E-state index is -0.454. The predicted octanol–water partition coefficient (Wildman–Crippen LogP) is 6.51. The third-order valence-electron chi connectivity index (χ3n) is 6.76. The molecule has 3 N–H and O–H groups in total. The van der Waals surface area contributed by atoms with E-state index >= 15 is 0 Å². The van der Waals surface area contributed by atoms with Gasteiger partial charge in [0, 0.05) is 23.8 Å². The molecule has 0 unspecified atom stereocenters. The van der Waals surface area contributed by atoms with Crippen molar-refractivity contribution in [2.75, 3.05) is 6.61 Å². The number of nitrogens with zero attached hydrogens (tertiary/aromatic N) is 1. The fourth-order valence-corrected chi connectivity index (χ4v) is 4.92. The number of hydrogen-bond donors (Lipinski definition) is 3. The number of carbonyl (C=O) groups is 1. The minimum absolute atomic E-state index is 0.0864. The molecule has 37 heavy (non-hydrogen) atoms. The lowest BCUT2D eigenvalue weighted by Gasteiger charge is -2.21. The summed E-state index contributed by atoms with van der Waals surface area (Å²) in [6, 6.07) is 19.4. The zero-order chi connectivity index (χ0) is 26.3. The Morgan fingerprint density at radius 1 is 0.838 bits per heavy atom. The molecule has 0 atom stereocenters. The maximum atomic E-state index is 13.6. The monoisotopic (exact) mass is 503 g/mol. The van der Waals surface area contributed by atoms with Gasteiger partial charge in [0.2, 0.25) is 0 Å². The van der Waals surface area contributed by atoms with E-state index in [-0.39, 0.29) is 24.1 Å². The van der Waals surface area contributed by atoms with E-state index in [1.165, 1.54) is 44.9 Å². The van der Waals surface area contributed by atoms with E-state index in [0.717, 1.165) is 36.8 Å². The number of hydrogen-bond acceptors (Lipinski definition) is 4. The van der Waals surface area contributed by atoms with Crippen LogP contribution in [-0.4, -0.2) is 33.9 Å². The van der Waals surface area contributed by atoms with E-state index in [1.54, 1.807) is 6.92 Å². The van der Waals surface area contributed by atoms with Gasteiger partial charge in [-0.25, -0.2) is 5.10 Å². The first-order chi connectivity index (χ1) is 18.2. The molecular weight excluding hydrogens is 462 g/mol. The third kappa shape index (κ3) is 8.67. The zero-order valence-electron chi connectivity index (χ0n) is 22.0. The summed E-state index contributed by atoms with van der Waals surface area (Å²) in [5.41, 5.74) is 2.55. The van der Waals surface area contributed by atoms with Gasteiger partial charge in [-0.15, -0.1) is 0 Å². The lowest BCUT2D eigenvalue weighted by molar-refractivity contribution is 0.0930. The topological polar surface area (TPSA) is 95.1 Å². The second-order valence-electron chi connectivity index (χ2n) is 9.63.